The summed E-state index contributed by atoms with van der Waals surface area (Å²) in [6, 6.07) is 21.4. The number of hydrogen-bond acceptors (Lipinski definition) is 4. The van der Waals surface area contributed by atoms with E-state index in [2.05, 4.69) is 22.3 Å². The Morgan fingerprint density at radius 3 is 2.49 bits per heavy atom. The molecule has 4 aromatic rings. The van der Waals surface area contributed by atoms with Gasteiger partial charge in [0.1, 0.15) is 5.69 Å². The minimum absolute atomic E-state index is 0.0729. The topological polar surface area (TPSA) is 67.5 Å². The molecule has 5 rings (SSSR count). The van der Waals surface area contributed by atoms with Gasteiger partial charge in [-0.2, -0.15) is 5.10 Å². The van der Waals surface area contributed by atoms with E-state index in [4.69, 9.17) is 21.1 Å². The largest absolute Gasteiger partial charge is 0.493 e. The number of nitrogens with one attached hydrogen (secondary N) is 1. The molecule has 3 aromatic carbocycles. The predicted octanol–water partition coefficient (Wildman–Crippen LogP) is 5.84. The molecule has 1 unspecified atom stereocenters. The van der Waals surface area contributed by atoms with Gasteiger partial charge in [-0.05, 0) is 48.7 Å². The molecule has 2 heterocycles. The van der Waals surface area contributed by atoms with Crippen LogP contribution in [0.3, 0.4) is 0 Å². The summed E-state index contributed by atoms with van der Waals surface area (Å²) in [4.78, 5) is 15.5. The highest BCUT2D eigenvalue weighted by molar-refractivity contribution is 6.30. The van der Waals surface area contributed by atoms with Gasteiger partial charge in [0, 0.05) is 22.7 Å². The Kier molecular flexibility index (Phi) is 6.22. The van der Waals surface area contributed by atoms with Crippen LogP contribution >= 0.6 is 11.6 Å². The highest BCUT2D eigenvalue weighted by Gasteiger charge is 2.42. The monoisotopic (exact) mass is 487 g/mol. The van der Waals surface area contributed by atoms with Crippen LogP contribution in [0.2, 0.25) is 5.02 Å². The first-order valence-electron chi connectivity index (χ1n) is 11.4. The summed E-state index contributed by atoms with van der Waals surface area (Å²) in [5.41, 5.74) is 6.33. The number of aromatic nitrogens is 2. The average molecular weight is 488 g/mol. The fraction of sp³-hybridized carbons (Fsp3) is 0.214. The molecule has 0 spiro atoms. The standard InChI is InChI=1S/C28H26ClN3O3/c1-17-7-10-19(11-8-17)25-24-26(31-30-25)28(33)32(27(24)20-5-4-6-21(29)16-20)14-13-18-9-12-22(34-2)23(15-18)35-3/h4-12,15-16,27H,13-14H2,1-3H3,(H,30,31). The van der Waals surface area contributed by atoms with Crippen LogP contribution in [0, 0.1) is 6.92 Å². The van der Waals surface area contributed by atoms with E-state index >= 15 is 0 Å². The first-order chi connectivity index (χ1) is 17.0. The van der Waals surface area contributed by atoms with Crippen LogP contribution in [0.15, 0.2) is 66.7 Å². The van der Waals surface area contributed by atoms with Crippen LogP contribution in [0.5, 0.6) is 11.5 Å². The lowest BCUT2D eigenvalue weighted by atomic mass is 9.95. The molecule has 6 nitrogen and oxygen atoms in total. The number of aryl methyl sites for hydroxylation is 1. The number of carbonyl (C=O) groups is 1. The van der Waals surface area contributed by atoms with Gasteiger partial charge in [-0.3, -0.25) is 9.89 Å². The molecule has 1 aliphatic heterocycles. The number of ether oxygens (including phenoxy) is 2. The summed E-state index contributed by atoms with van der Waals surface area (Å²) in [5, 5.41) is 8.19. The zero-order chi connectivity index (χ0) is 24.5. The van der Waals surface area contributed by atoms with Crippen LogP contribution in [0.1, 0.15) is 38.8 Å². The molecular formula is C28H26ClN3O3. The number of carbonyl (C=O) groups excluding carboxylic acids is 1. The molecular weight excluding hydrogens is 462 g/mol. The Hall–Kier alpha value is -3.77. The van der Waals surface area contributed by atoms with Crippen molar-refractivity contribution in [1.82, 2.24) is 15.1 Å². The molecule has 1 N–H and O–H groups in total. The second-order valence-electron chi connectivity index (χ2n) is 8.62. The fourth-order valence-electron chi connectivity index (χ4n) is 4.67. The summed E-state index contributed by atoms with van der Waals surface area (Å²) in [5.74, 6) is 1.27. The third-order valence-electron chi connectivity index (χ3n) is 6.44. The van der Waals surface area contributed by atoms with Gasteiger partial charge in [-0.25, -0.2) is 0 Å². The van der Waals surface area contributed by atoms with Gasteiger partial charge in [0.25, 0.3) is 5.91 Å². The summed E-state index contributed by atoms with van der Waals surface area (Å²) in [7, 11) is 3.23. The number of nitrogens with zero attached hydrogens (tertiary/aromatic N) is 2. The minimum atomic E-state index is -0.300. The second-order valence-corrected chi connectivity index (χ2v) is 9.06. The molecule has 0 radical (unpaired) electrons. The summed E-state index contributed by atoms with van der Waals surface area (Å²) < 4.78 is 10.8. The lowest BCUT2D eigenvalue weighted by Crippen LogP contribution is -2.31. The number of fused-ring (bicyclic) bond motifs is 1. The number of amides is 1. The van der Waals surface area contributed by atoms with Gasteiger partial charge in [-0.1, -0.05) is 59.6 Å². The van der Waals surface area contributed by atoms with Gasteiger partial charge >= 0.3 is 0 Å². The quantitative estimate of drug-likeness (QED) is 0.355. The maximum atomic E-state index is 13.6. The average Bonchev–Trinajstić information content (AvgIpc) is 3.41. The van der Waals surface area contributed by atoms with Gasteiger partial charge in [-0.15, -0.1) is 0 Å². The van der Waals surface area contributed by atoms with Crippen molar-refractivity contribution in [3.8, 4) is 22.8 Å². The molecule has 178 valence electrons. The maximum Gasteiger partial charge on any atom is 0.273 e. The number of halogens is 1. The van der Waals surface area contributed by atoms with E-state index in [1.54, 1.807) is 14.2 Å². The van der Waals surface area contributed by atoms with Crippen LogP contribution in [-0.4, -0.2) is 41.8 Å². The van der Waals surface area contributed by atoms with Crippen molar-refractivity contribution in [2.45, 2.75) is 19.4 Å². The Morgan fingerprint density at radius 1 is 1.00 bits per heavy atom. The normalized spacial score (nSPS) is 14.8. The molecule has 1 amide bonds. The van der Waals surface area contributed by atoms with Crippen LogP contribution in [0.4, 0.5) is 0 Å². The molecule has 1 atom stereocenters. The molecule has 1 aliphatic rings. The zero-order valence-corrected chi connectivity index (χ0v) is 20.6. The van der Waals surface area contributed by atoms with Crippen LogP contribution in [0.25, 0.3) is 11.3 Å². The van der Waals surface area contributed by atoms with Crippen molar-refractivity contribution in [2.75, 3.05) is 20.8 Å². The van der Waals surface area contributed by atoms with E-state index < -0.39 is 0 Å². The van der Waals surface area contributed by atoms with Crippen LogP contribution < -0.4 is 9.47 Å². The summed E-state index contributed by atoms with van der Waals surface area (Å²) in [6.07, 6.45) is 0.653. The van der Waals surface area contributed by atoms with Gasteiger partial charge in [0.15, 0.2) is 11.5 Å². The van der Waals surface area contributed by atoms with Crippen molar-refractivity contribution in [2.24, 2.45) is 0 Å². The van der Waals surface area contributed by atoms with Gasteiger partial charge in [0.05, 0.1) is 26.0 Å². The van der Waals surface area contributed by atoms with Crippen molar-refractivity contribution >= 4 is 17.5 Å². The Bertz CT molecular complexity index is 1380. The summed E-state index contributed by atoms with van der Waals surface area (Å²) >= 11 is 6.36. The maximum absolute atomic E-state index is 13.6. The minimum Gasteiger partial charge on any atom is -0.493 e. The SMILES string of the molecule is COc1ccc(CCN2C(=O)c3[nH]nc(-c4ccc(C)cc4)c3C2c2cccc(Cl)c2)cc1OC. The third kappa shape index (κ3) is 4.26. The van der Waals surface area contributed by atoms with Crippen molar-refractivity contribution in [1.29, 1.82) is 0 Å². The smallest absolute Gasteiger partial charge is 0.273 e. The van der Waals surface area contributed by atoms with Crippen molar-refractivity contribution in [3.05, 3.63) is 99.7 Å². The highest BCUT2D eigenvalue weighted by Crippen LogP contribution is 2.43. The lowest BCUT2D eigenvalue weighted by molar-refractivity contribution is 0.0746. The number of aromatic amines is 1. The van der Waals surface area contributed by atoms with E-state index in [0.717, 1.165) is 27.9 Å². The number of benzene rings is 3. The molecule has 7 heteroatoms. The first-order valence-corrected chi connectivity index (χ1v) is 11.8. The third-order valence-corrected chi connectivity index (χ3v) is 6.68. The second kappa shape index (κ2) is 9.47. The van der Waals surface area contributed by atoms with Gasteiger partial charge < -0.3 is 14.4 Å². The summed E-state index contributed by atoms with van der Waals surface area (Å²) in [6.45, 7) is 2.56. The fourth-order valence-corrected chi connectivity index (χ4v) is 4.87. The predicted molar refractivity (Wildman–Crippen MR) is 136 cm³/mol. The molecule has 35 heavy (non-hydrogen) atoms. The molecule has 1 aromatic heterocycles. The van der Waals surface area contributed by atoms with E-state index in [0.29, 0.717) is 35.2 Å². The van der Waals surface area contributed by atoms with E-state index in [1.165, 1.54) is 5.56 Å². The van der Waals surface area contributed by atoms with Crippen LogP contribution in [-0.2, 0) is 6.42 Å². The Labute approximate surface area is 209 Å². The molecule has 0 fully saturated rings. The van der Waals surface area contributed by atoms with E-state index in [1.807, 2.05) is 66.4 Å². The Morgan fingerprint density at radius 2 is 1.77 bits per heavy atom. The zero-order valence-electron chi connectivity index (χ0n) is 19.8. The van der Waals surface area contributed by atoms with Crippen molar-refractivity contribution < 1.29 is 14.3 Å². The highest BCUT2D eigenvalue weighted by atomic mass is 35.5. The lowest BCUT2D eigenvalue weighted by Gasteiger charge is -2.26. The van der Waals surface area contributed by atoms with Crippen molar-refractivity contribution in [3.63, 3.8) is 0 Å². The molecule has 0 aliphatic carbocycles. The molecule has 0 bridgehead atoms. The number of hydrogen-bond donors (Lipinski definition) is 1. The molecule has 0 saturated carbocycles. The molecule has 0 saturated heterocycles. The van der Waals surface area contributed by atoms with E-state index in [-0.39, 0.29) is 11.9 Å². The first kappa shape index (κ1) is 23.0. The number of rotatable bonds is 7. The van der Waals surface area contributed by atoms with Gasteiger partial charge in [0.2, 0.25) is 0 Å². The van der Waals surface area contributed by atoms with E-state index in [9.17, 15) is 4.79 Å². The number of H-pyrrole nitrogens is 1. The number of methoxy groups -OCH3 is 2. The Balaban J connectivity index is 1.53.